The summed E-state index contributed by atoms with van der Waals surface area (Å²) in [5.41, 5.74) is 0.0212. The molecular weight excluding hydrogens is 371 g/mol. The van der Waals surface area contributed by atoms with Crippen molar-refractivity contribution in [2.24, 2.45) is 0 Å². The van der Waals surface area contributed by atoms with Gasteiger partial charge < -0.3 is 4.90 Å². The Morgan fingerprint density at radius 3 is 1.92 bits per heavy atom. The van der Waals surface area contributed by atoms with Gasteiger partial charge in [0, 0.05) is 13.5 Å². The molecule has 1 aromatic rings. The van der Waals surface area contributed by atoms with Gasteiger partial charge in [-0.1, -0.05) is 37.3 Å². The predicted molar refractivity (Wildman–Crippen MR) is 77.8 cm³/mol. The van der Waals surface area contributed by atoms with Gasteiger partial charge in [0.1, 0.15) is 6.04 Å². The van der Waals surface area contributed by atoms with Crippen LogP contribution in [0.15, 0.2) is 30.3 Å². The maximum Gasteiger partial charge on any atom is 0.460 e. The lowest BCUT2D eigenvalue weighted by atomic mass is 9.97. The lowest BCUT2D eigenvalue weighted by Gasteiger charge is -2.33. The van der Waals surface area contributed by atoms with Crippen LogP contribution in [0.2, 0.25) is 0 Å². The molecule has 0 N–H and O–H groups in total. The quantitative estimate of drug-likeness (QED) is 0.651. The molecule has 0 heterocycles. The highest BCUT2D eigenvalue weighted by molar-refractivity contribution is 5.92. The molecule has 1 atom stereocenters. The number of carbonyl (C=O) groups is 2. The van der Waals surface area contributed by atoms with Crippen molar-refractivity contribution in [3.05, 3.63) is 35.9 Å². The van der Waals surface area contributed by atoms with E-state index in [-0.39, 0.29) is 23.3 Å². The van der Waals surface area contributed by atoms with Gasteiger partial charge in [0.05, 0.1) is 0 Å². The van der Waals surface area contributed by atoms with Gasteiger partial charge in [-0.15, -0.1) is 0 Å². The Morgan fingerprint density at radius 1 is 1.00 bits per heavy atom. The first-order valence-electron chi connectivity index (χ1n) is 7.46. The van der Waals surface area contributed by atoms with E-state index in [1.54, 1.807) is 6.92 Å². The van der Waals surface area contributed by atoms with E-state index in [0.717, 1.165) is 0 Å². The lowest BCUT2D eigenvalue weighted by molar-refractivity contribution is -0.346. The van der Waals surface area contributed by atoms with Crippen LogP contribution >= 0.6 is 0 Å². The van der Waals surface area contributed by atoms with Crippen LogP contribution in [0.5, 0.6) is 0 Å². The molecule has 1 unspecified atom stereocenters. The van der Waals surface area contributed by atoms with E-state index in [4.69, 9.17) is 0 Å². The number of ketones is 1. The van der Waals surface area contributed by atoms with E-state index in [9.17, 15) is 40.3 Å². The van der Waals surface area contributed by atoms with Gasteiger partial charge in [-0.2, -0.15) is 30.7 Å². The Kier molecular flexibility index (Phi) is 6.43. The molecule has 0 saturated heterocycles. The predicted octanol–water partition coefficient (Wildman–Crippen LogP) is 4.39. The van der Waals surface area contributed by atoms with Crippen molar-refractivity contribution < 1.29 is 40.3 Å². The molecule has 0 aliphatic rings. The summed E-state index contributed by atoms with van der Waals surface area (Å²) in [6, 6.07) is 5.17. The highest BCUT2D eigenvalue weighted by Crippen LogP contribution is 2.47. The standard InChI is InChI=1S/C16H16F7NO2/c1-3-7-11(25)12(10-8-5-4-6-9-10)24(2)13(26)14(17,18)15(19,20)16(21,22)23/h4-6,8-9,12H,3,7H2,1-2H3. The number of amides is 1. The summed E-state index contributed by atoms with van der Waals surface area (Å²) in [6.45, 7) is 1.58. The average molecular weight is 387 g/mol. The van der Waals surface area contributed by atoms with Crippen LogP contribution in [-0.2, 0) is 9.59 Å². The largest absolute Gasteiger partial charge is 0.460 e. The maximum absolute atomic E-state index is 13.7. The molecule has 0 radical (unpaired) electrons. The summed E-state index contributed by atoms with van der Waals surface area (Å²) in [5, 5.41) is 0. The van der Waals surface area contributed by atoms with Crippen molar-refractivity contribution in [2.45, 2.75) is 43.8 Å². The number of rotatable bonds is 7. The van der Waals surface area contributed by atoms with Crippen molar-refractivity contribution >= 4 is 11.7 Å². The summed E-state index contributed by atoms with van der Waals surface area (Å²) < 4.78 is 90.5. The number of likely N-dealkylation sites (N-methyl/N-ethyl adjacent to an activating group) is 1. The van der Waals surface area contributed by atoms with Crippen molar-refractivity contribution in [3.8, 4) is 0 Å². The Bertz CT molecular complexity index is 644. The first-order valence-corrected chi connectivity index (χ1v) is 7.46. The van der Waals surface area contributed by atoms with Crippen molar-refractivity contribution in [3.63, 3.8) is 0 Å². The first-order chi connectivity index (χ1) is 11.8. The second kappa shape index (κ2) is 7.63. The number of alkyl halides is 7. The molecule has 146 valence electrons. The first kappa shape index (κ1) is 21.9. The van der Waals surface area contributed by atoms with Crippen LogP contribution < -0.4 is 0 Å². The topological polar surface area (TPSA) is 37.4 Å². The third kappa shape index (κ3) is 3.99. The smallest absolute Gasteiger partial charge is 0.326 e. The van der Waals surface area contributed by atoms with Gasteiger partial charge >= 0.3 is 23.9 Å². The van der Waals surface area contributed by atoms with Crippen LogP contribution in [0.3, 0.4) is 0 Å². The highest BCUT2D eigenvalue weighted by atomic mass is 19.4. The average Bonchev–Trinajstić information content (AvgIpc) is 2.54. The molecule has 10 heteroatoms. The van der Waals surface area contributed by atoms with Crippen LogP contribution in [0.4, 0.5) is 30.7 Å². The third-order valence-electron chi connectivity index (χ3n) is 3.64. The lowest BCUT2D eigenvalue weighted by Crippen LogP contribution is -2.60. The molecular formula is C16H16F7NO2. The molecule has 1 rings (SSSR count). The molecule has 0 aromatic heterocycles. The molecule has 0 aliphatic carbocycles. The second-order valence-corrected chi connectivity index (χ2v) is 5.59. The SMILES string of the molecule is CCCC(=O)C(c1ccccc1)N(C)C(=O)C(F)(F)C(F)(F)C(F)(F)F. The number of hydrogen-bond acceptors (Lipinski definition) is 2. The zero-order valence-corrected chi connectivity index (χ0v) is 13.8. The van der Waals surface area contributed by atoms with Crippen LogP contribution in [-0.4, -0.2) is 41.7 Å². The van der Waals surface area contributed by atoms with Crippen LogP contribution in [0, 0.1) is 0 Å². The van der Waals surface area contributed by atoms with Gasteiger partial charge in [0.25, 0.3) is 0 Å². The third-order valence-corrected chi connectivity index (χ3v) is 3.64. The van der Waals surface area contributed by atoms with Gasteiger partial charge in [-0.3, -0.25) is 9.59 Å². The number of carbonyl (C=O) groups excluding carboxylic acids is 2. The van der Waals surface area contributed by atoms with E-state index in [1.165, 1.54) is 30.3 Å². The van der Waals surface area contributed by atoms with Crippen LogP contribution in [0.25, 0.3) is 0 Å². The van der Waals surface area contributed by atoms with Gasteiger partial charge in [-0.05, 0) is 12.0 Å². The fraction of sp³-hybridized carbons (Fsp3) is 0.500. The Balaban J connectivity index is 3.32. The minimum Gasteiger partial charge on any atom is -0.326 e. The van der Waals surface area contributed by atoms with Gasteiger partial charge in [0.2, 0.25) is 0 Å². The monoisotopic (exact) mass is 387 g/mol. The zero-order chi connectivity index (χ0) is 20.3. The summed E-state index contributed by atoms with van der Waals surface area (Å²) >= 11 is 0. The highest BCUT2D eigenvalue weighted by Gasteiger charge is 2.77. The summed E-state index contributed by atoms with van der Waals surface area (Å²) in [5.74, 6) is -16.2. The molecule has 0 bridgehead atoms. The van der Waals surface area contributed by atoms with Gasteiger partial charge in [0.15, 0.2) is 5.78 Å². The minimum absolute atomic E-state index is 0.0212. The van der Waals surface area contributed by atoms with E-state index >= 15 is 0 Å². The molecule has 0 spiro atoms. The summed E-state index contributed by atoms with van der Waals surface area (Å²) in [7, 11) is 0.591. The molecule has 0 saturated carbocycles. The van der Waals surface area contributed by atoms with E-state index in [0.29, 0.717) is 7.05 Å². The number of Topliss-reactive ketones (excluding diaryl/α,β-unsaturated/α-hetero) is 1. The van der Waals surface area contributed by atoms with Crippen LogP contribution in [0.1, 0.15) is 31.4 Å². The van der Waals surface area contributed by atoms with E-state index < -0.39 is 35.8 Å². The number of benzene rings is 1. The van der Waals surface area contributed by atoms with Gasteiger partial charge in [-0.25, -0.2) is 0 Å². The fourth-order valence-corrected chi connectivity index (χ4v) is 2.29. The number of halogens is 7. The summed E-state index contributed by atoms with van der Waals surface area (Å²) in [4.78, 5) is 24.0. The van der Waals surface area contributed by atoms with Crippen molar-refractivity contribution in [2.75, 3.05) is 7.05 Å². The molecule has 3 nitrogen and oxygen atoms in total. The summed E-state index contributed by atoms with van der Waals surface area (Å²) in [6.07, 6.45) is -6.56. The Morgan fingerprint density at radius 2 is 1.50 bits per heavy atom. The minimum atomic E-state index is -6.64. The van der Waals surface area contributed by atoms with E-state index in [2.05, 4.69) is 0 Å². The molecule has 1 amide bonds. The normalized spacial score (nSPS) is 14.0. The zero-order valence-electron chi connectivity index (χ0n) is 13.8. The molecule has 1 aromatic carbocycles. The fourth-order valence-electron chi connectivity index (χ4n) is 2.29. The number of hydrogen-bond donors (Lipinski definition) is 0. The molecule has 26 heavy (non-hydrogen) atoms. The van der Waals surface area contributed by atoms with E-state index in [1.807, 2.05) is 0 Å². The maximum atomic E-state index is 13.7. The second-order valence-electron chi connectivity index (χ2n) is 5.59. The Hall–Kier alpha value is -2.13. The molecule has 0 fully saturated rings. The van der Waals surface area contributed by atoms with Crippen molar-refractivity contribution in [1.29, 1.82) is 0 Å². The Labute approximate surface area is 144 Å². The molecule has 0 aliphatic heterocycles. The number of nitrogens with zero attached hydrogens (tertiary/aromatic N) is 1. The van der Waals surface area contributed by atoms with Crippen molar-refractivity contribution in [1.82, 2.24) is 4.90 Å².